The number of rotatable bonds is 9. The molecule has 0 aliphatic rings. The minimum Gasteiger partial charge on any atom is -0.298 e. The Balaban J connectivity index is 1.56. The van der Waals surface area contributed by atoms with E-state index in [0.29, 0.717) is 10.7 Å². The second-order valence-electron chi connectivity index (χ2n) is 6.84. The molecule has 1 N–H and O–H groups in total. The molecule has 2 heterocycles. The lowest BCUT2D eigenvalue weighted by Crippen LogP contribution is -2.31. The molecule has 0 bridgehead atoms. The summed E-state index contributed by atoms with van der Waals surface area (Å²) in [5, 5.41) is 3.29. The third-order valence-corrected chi connectivity index (χ3v) is 9.76. The van der Waals surface area contributed by atoms with Crippen LogP contribution < -0.4 is 5.32 Å². The van der Waals surface area contributed by atoms with E-state index in [1.165, 1.54) is 52.1 Å². The first kappa shape index (κ1) is 23.6. The molecule has 33 heavy (non-hydrogen) atoms. The minimum atomic E-state index is -3.72. The third kappa shape index (κ3) is 4.73. The zero-order valence-corrected chi connectivity index (χ0v) is 20.9. The number of sulfonamides is 1. The Labute approximate surface area is 203 Å². The Hall–Kier alpha value is -2.57. The van der Waals surface area contributed by atoms with Gasteiger partial charge in [0.15, 0.2) is 9.47 Å². The number of carbonyl (C=O) groups is 1. The minimum absolute atomic E-state index is 0.0972. The van der Waals surface area contributed by atoms with E-state index in [9.17, 15) is 13.2 Å². The number of thiazole rings is 2. The van der Waals surface area contributed by atoms with Crippen LogP contribution in [0.2, 0.25) is 0 Å². The van der Waals surface area contributed by atoms with E-state index in [0.717, 1.165) is 24.8 Å². The number of fused-ring (bicyclic) bond motifs is 3. The van der Waals surface area contributed by atoms with Gasteiger partial charge in [-0.05, 0) is 42.7 Å². The van der Waals surface area contributed by atoms with Crippen molar-refractivity contribution < 1.29 is 13.2 Å². The quantitative estimate of drug-likeness (QED) is 0.242. The topological polar surface area (TPSA) is 92.3 Å². The van der Waals surface area contributed by atoms with Gasteiger partial charge in [-0.1, -0.05) is 35.3 Å². The fraction of sp³-hybridized carbons (Fsp3) is 0.136. The maximum atomic E-state index is 12.8. The largest absolute Gasteiger partial charge is 0.298 e. The summed E-state index contributed by atoms with van der Waals surface area (Å²) in [7, 11) is -3.72. The molecule has 0 fully saturated rings. The summed E-state index contributed by atoms with van der Waals surface area (Å²) in [4.78, 5) is 22.0. The van der Waals surface area contributed by atoms with Crippen LogP contribution in [0.1, 0.15) is 10.4 Å². The molecule has 1 amide bonds. The van der Waals surface area contributed by atoms with Crippen LogP contribution in [0.4, 0.5) is 5.13 Å². The molecule has 0 spiro atoms. The summed E-state index contributed by atoms with van der Waals surface area (Å²) in [6.45, 7) is 7.54. The standard InChI is InChI=1S/C22H20N4O3S4/c1-4-12-26(13-5-2)33(28,29)15-8-6-14(7-9-15)20(27)25-21-23-16-10-11-17-19(18(16)31-21)32-22(24-17)30-3/h4-11H,1-2,12-13H2,3H3,(H,23,25,27). The number of benzene rings is 2. The van der Waals surface area contributed by atoms with E-state index in [-0.39, 0.29) is 23.9 Å². The van der Waals surface area contributed by atoms with Crippen molar-refractivity contribution in [2.45, 2.75) is 9.24 Å². The summed E-state index contributed by atoms with van der Waals surface area (Å²) in [6, 6.07) is 9.65. The predicted octanol–water partition coefficient (Wildman–Crippen LogP) is 5.24. The van der Waals surface area contributed by atoms with Gasteiger partial charge in [-0.15, -0.1) is 24.5 Å². The second-order valence-corrected chi connectivity index (χ2v) is 11.8. The van der Waals surface area contributed by atoms with Crippen LogP contribution >= 0.6 is 34.4 Å². The summed E-state index contributed by atoms with van der Waals surface area (Å²) in [6.07, 6.45) is 5.02. The monoisotopic (exact) mass is 516 g/mol. The Morgan fingerprint density at radius 2 is 1.64 bits per heavy atom. The van der Waals surface area contributed by atoms with E-state index in [1.54, 1.807) is 23.1 Å². The summed E-state index contributed by atoms with van der Waals surface area (Å²) >= 11 is 4.59. The van der Waals surface area contributed by atoms with E-state index >= 15 is 0 Å². The zero-order valence-electron chi connectivity index (χ0n) is 17.6. The lowest BCUT2D eigenvalue weighted by molar-refractivity contribution is 0.102. The van der Waals surface area contributed by atoms with Gasteiger partial charge in [0.25, 0.3) is 5.91 Å². The SMILES string of the molecule is C=CCN(CC=C)S(=O)(=O)c1ccc(C(=O)Nc2nc3ccc4nc(SC)sc4c3s2)cc1. The van der Waals surface area contributed by atoms with E-state index in [4.69, 9.17) is 0 Å². The lowest BCUT2D eigenvalue weighted by atomic mass is 10.2. The Morgan fingerprint density at radius 1 is 1.03 bits per heavy atom. The normalized spacial score (nSPS) is 11.8. The molecule has 0 saturated heterocycles. The molecule has 0 unspecified atom stereocenters. The number of aromatic nitrogens is 2. The molecule has 4 aromatic rings. The molecule has 0 aliphatic carbocycles. The Bertz CT molecular complexity index is 1450. The molecule has 0 saturated carbocycles. The number of anilines is 1. The molecular formula is C22H20N4O3S4. The van der Waals surface area contributed by atoms with Gasteiger partial charge in [0.1, 0.15) is 0 Å². The van der Waals surface area contributed by atoms with Crippen molar-refractivity contribution in [3.8, 4) is 0 Å². The third-order valence-electron chi connectivity index (χ3n) is 4.71. The highest BCUT2D eigenvalue weighted by atomic mass is 32.2. The maximum absolute atomic E-state index is 12.8. The van der Waals surface area contributed by atoms with Gasteiger partial charge >= 0.3 is 0 Å². The molecule has 7 nitrogen and oxygen atoms in total. The molecule has 4 rings (SSSR count). The molecule has 0 radical (unpaired) electrons. The molecule has 2 aromatic carbocycles. The van der Waals surface area contributed by atoms with Crippen LogP contribution in [-0.2, 0) is 10.0 Å². The van der Waals surface area contributed by atoms with Gasteiger partial charge in [-0.2, -0.15) is 4.31 Å². The van der Waals surface area contributed by atoms with Crippen molar-refractivity contribution in [3.63, 3.8) is 0 Å². The van der Waals surface area contributed by atoms with Crippen molar-refractivity contribution in [2.24, 2.45) is 0 Å². The number of carbonyl (C=O) groups excluding carboxylic acids is 1. The highest BCUT2D eigenvalue weighted by Crippen LogP contribution is 2.38. The Kier molecular flexibility index (Phi) is 6.96. The molecule has 0 aliphatic heterocycles. The van der Waals surface area contributed by atoms with Crippen LogP contribution in [-0.4, -0.2) is 47.9 Å². The van der Waals surface area contributed by atoms with Crippen LogP contribution in [0.15, 0.2) is 70.9 Å². The zero-order chi connectivity index (χ0) is 23.6. The van der Waals surface area contributed by atoms with Gasteiger partial charge in [0.2, 0.25) is 10.0 Å². The van der Waals surface area contributed by atoms with E-state index < -0.39 is 10.0 Å². The highest BCUT2D eigenvalue weighted by Gasteiger charge is 2.23. The van der Waals surface area contributed by atoms with Crippen molar-refractivity contribution in [1.29, 1.82) is 0 Å². The second kappa shape index (κ2) is 9.74. The van der Waals surface area contributed by atoms with Crippen LogP contribution in [0.5, 0.6) is 0 Å². The van der Waals surface area contributed by atoms with Gasteiger partial charge in [0.05, 0.1) is 25.3 Å². The summed E-state index contributed by atoms with van der Waals surface area (Å²) < 4.78 is 29.9. The summed E-state index contributed by atoms with van der Waals surface area (Å²) in [5.74, 6) is -0.364. The van der Waals surface area contributed by atoms with Crippen LogP contribution in [0, 0.1) is 0 Å². The smallest absolute Gasteiger partial charge is 0.257 e. The summed E-state index contributed by atoms with van der Waals surface area (Å²) in [5.41, 5.74) is 2.04. The molecule has 0 atom stereocenters. The highest BCUT2D eigenvalue weighted by molar-refractivity contribution is 8.00. The number of hydrogen-bond donors (Lipinski definition) is 1. The van der Waals surface area contributed by atoms with Gasteiger partial charge in [-0.3, -0.25) is 10.1 Å². The average Bonchev–Trinajstić information content (AvgIpc) is 3.42. The van der Waals surface area contributed by atoms with Gasteiger partial charge in [0, 0.05) is 18.7 Å². The van der Waals surface area contributed by atoms with Gasteiger partial charge < -0.3 is 0 Å². The number of thioether (sulfide) groups is 1. The van der Waals surface area contributed by atoms with Crippen LogP contribution in [0.25, 0.3) is 20.4 Å². The number of nitrogens with zero attached hydrogens (tertiary/aromatic N) is 3. The van der Waals surface area contributed by atoms with Crippen molar-refractivity contribution in [1.82, 2.24) is 14.3 Å². The first-order chi connectivity index (χ1) is 15.9. The fourth-order valence-corrected chi connectivity index (χ4v) is 7.18. The number of hydrogen-bond acceptors (Lipinski definition) is 8. The average molecular weight is 517 g/mol. The molecule has 2 aromatic heterocycles. The Morgan fingerprint density at radius 3 is 2.24 bits per heavy atom. The first-order valence-electron chi connectivity index (χ1n) is 9.74. The fourth-order valence-electron chi connectivity index (χ4n) is 3.15. The van der Waals surface area contributed by atoms with Crippen molar-refractivity contribution in [2.75, 3.05) is 24.7 Å². The first-order valence-corrected chi connectivity index (χ1v) is 14.0. The van der Waals surface area contributed by atoms with Crippen LogP contribution in [0.3, 0.4) is 0 Å². The number of nitrogens with one attached hydrogen (secondary N) is 1. The molecule has 170 valence electrons. The van der Waals surface area contributed by atoms with E-state index in [1.807, 2.05) is 18.4 Å². The van der Waals surface area contributed by atoms with E-state index in [2.05, 4.69) is 28.4 Å². The van der Waals surface area contributed by atoms with Crippen molar-refractivity contribution in [3.05, 3.63) is 67.3 Å². The number of amides is 1. The predicted molar refractivity (Wildman–Crippen MR) is 138 cm³/mol. The molecular weight excluding hydrogens is 497 g/mol. The van der Waals surface area contributed by atoms with Crippen molar-refractivity contribution >= 4 is 75.9 Å². The van der Waals surface area contributed by atoms with Gasteiger partial charge in [-0.25, -0.2) is 18.4 Å². The molecule has 11 heteroatoms. The lowest BCUT2D eigenvalue weighted by Gasteiger charge is -2.19. The maximum Gasteiger partial charge on any atom is 0.257 e.